The molecule has 0 radical (unpaired) electrons. The van der Waals surface area contributed by atoms with Crippen LogP contribution in [-0.4, -0.2) is 22.6 Å². The monoisotopic (exact) mass is 337 g/mol. The van der Waals surface area contributed by atoms with Crippen molar-refractivity contribution < 1.29 is 13.9 Å². The maximum atomic E-state index is 13.5. The number of carbonyl (C=O) groups is 1. The molecule has 1 atom stereocenters. The molecule has 0 aliphatic carbocycles. The Morgan fingerprint density at radius 3 is 2.76 bits per heavy atom. The number of nitrogens with one attached hydrogen (secondary N) is 1. The van der Waals surface area contributed by atoms with Gasteiger partial charge in [-0.15, -0.1) is 0 Å². The number of hydrogen-bond acceptors (Lipinski definition) is 3. The van der Waals surface area contributed by atoms with Crippen LogP contribution in [0.5, 0.6) is 5.75 Å². The van der Waals surface area contributed by atoms with Crippen molar-refractivity contribution >= 4 is 11.7 Å². The second-order valence-corrected chi connectivity index (χ2v) is 5.91. The molecular formula is C19H16FN3O2. The molecule has 1 N–H and O–H groups in total. The molecular weight excluding hydrogens is 321 g/mol. The van der Waals surface area contributed by atoms with Gasteiger partial charge >= 0.3 is 0 Å². The van der Waals surface area contributed by atoms with Crippen molar-refractivity contribution in [3.05, 3.63) is 71.9 Å². The number of benzene rings is 2. The first kappa shape index (κ1) is 15.4. The van der Waals surface area contributed by atoms with Crippen molar-refractivity contribution in [1.82, 2.24) is 9.55 Å². The fraction of sp³-hybridized carbons (Fsp3) is 0.158. The lowest BCUT2D eigenvalue weighted by molar-refractivity contribution is -0.116. The summed E-state index contributed by atoms with van der Waals surface area (Å²) in [5.41, 5.74) is 2.37. The number of hydrogen-bond donors (Lipinski definition) is 1. The van der Waals surface area contributed by atoms with Gasteiger partial charge in [-0.25, -0.2) is 9.37 Å². The molecule has 1 aliphatic heterocycles. The largest absolute Gasteiger partial charge is 0.497 e. The van der Waals surface area contributed by atoms with E-state index in [9.17, 15) is 9.18 Å². The van der Waals surface area contributed by atoms with E-state index < -0.39 is 0 Å². The summed E-state index contributed by atoms with van der Waals surface area (Å²) in [5.74, 6) is 0.766. The van der Waals surface area contributed by atoms with E-state index in [2.05, 4.69) is 10.3 Å². The number of carbonyl (C=O) groups excluding carboxylic acids is 1. The average Bonchev–Trinajstić information content (AvgIpc) is 3.05. The van der Waals surface area contributed by atoms with Crippen LogP contribution in [0.25, 0.3) is 5.69 Å². The van der Waals surface area contributed by atoms with Gasteiger partial charge in [-0.2, -0.15) is 0 Å². The first-order chi connectivity index (χ1) is 12.2. The lowest BCUT2D eigenvalue weighted by Crippen LogP contribution is -2.24. The van der Waals surface area contributed by atoms with E-state index in [-0.39, 0.29) is 17.6 Å². The number of fused-ring (bicyclic) bond motifs is 1. The van der Waals surface area contributed by atoms with E-state index in [1.807, 2.05) is 24.3 Å². The van der Waals surface area contributed by atoms with Gasteiger partial charge in [0.25, 0.3) is 0 Å². The number of imidazole rings is 1. The molecule has 0 spiro atoms. The summed E-state index contributed by atoms with van der Waals surface area (Å²) in [5, 5.41) is 2.86. The Kier molecular flexibility index (Phi) is 3.72. The molecule has 5 nitrogen and oxygen atoms in total. The molecule has 25 heavy (non-hydrogen) atoms. The lowest BCUT2D eigenvalue weighted by atomic mass is 9.90. The summed E-state index contributed by atoms with van der Waals surface area (Å²) >= 11 is 0. The Labute approximate surface area is 144 Å². The summed E-state index contributed by atoms with van der Waals surface area (Å²) in [7, 11) is 1.61. The highest BCUT2D eigenvalue weighted by molar-refractivity contribution is 5.94. The van der Waals surface area contributed by atoms with Crippen molar-refractivity contribution in [3.8, 4) is 11.4 Å². The quantitative estimate of drug-likeness (QED) is 0.796. The highest BCUT2D eigenvalue weighted by Crippen LogP contribution is 2.37. The van der Waals surface area contributed by atoms with Crippen molar-refractivity contribution in [2.75, 3.05) is 12.4 Å². The molecule has 4 rings (SSSR count). The number of halogens is 1. The number of methoxy groups -OCH3 is 1. The number of ether oxygens (including phenoxy) is 1. The Morgan fingerprint density at radius 1 is 1.24 bits per heavy atom. The molecule has 0 saturated heterocycles. The molecule has 1 amide bonds. The predicted octanol–water partition coefficient (Wildman–Crippen LogP) is 3.49. The van der Waals surface area contributed by atoms with Crippen LogP contribution in [-0.2, 0) is 4.79 Å². The summed E-state index contributed by atoms with van der Waals surface area (Å²) in [6.45, 7) is 0. The molecule has 2 aromatic carbocycles. The SMILES string of the molecule is COc1ccc([C@@H]2CC(=O)Nc3c2ncn3-c2cccc(F)c2)cc1. The third kappa shape index (κ3) is 2.76. The molecule has 0 bridgehead atoms. The molecule has 3 aromatic rings. The van der Waals surface area contributed by atoms with Gasteiger partial charge in [0.05, 0.1) is 18.5 Å². The summed E-state index contributed by atoms with van der Waals surface area (Å²) < 4.78 is 20.4. The molecule has 1 aromatic heterocycles. The maximum absolute atomic E-state index is 13.5. The average molecular weight is 337 g/mol. The van der Waals surface area contributed by atoms with Crippen LogP contribution >= 0.6 is 0 Å². The Balaban J connectivity index is 1.78. The van der Waals surface area contributed by atoms with Gasteiger partial charge in [0.2, 0.25) is 5.91 Å². The van der Waals surface area contributed by atoms with Gasteiger partial charge in [0.15, 0.2) is 0 Å². The van der Waals surface area contributed by atoms with Crippen LogP contribution in [0.3, 0.4) is 0 Å². The Morgan fingerprint density at radius 2 is 2.04 bits per heavy atom. The Bertz CT molecular complexity index is 934. The summed E-state index contributed by atoms with van der Waals surface area (Å²) in [6.07, 6.45) is 1.93. The fourth-order valence-electron chi connectivity index (χ4n) is 3.14. The van der Waals surface area contributed by atoms with Gasteiger partial charge in [-0.1, -0.05) is 18.2 Å². The smallest absolute Gasteiger partial charge is 0.226 e. The topological polar surface area (TPSA) is 56.1 Å². The van der Waals surface area contributed by atoms with E-state index in [1.54, 1.807) is 30.1 Å². The first-order valence-electron chi connectivity index (χ1n) is 7.92. The first-order valence-corrected chi connectivity index (χ1v) is 7.92. The molecule has 0 saturated carbocycles. The minimum absolute atomic E-state index is 0.0912. The van der Waals surface area contributed by atoms with Gasteiger partial charge in [0.1, 0.15) is 23.7 Å². The standard InChI is InChI=1S/C19H16FN3O2/c1-25-15-7-5-12(6-8-15)16-10-17(24)22-19-18(16)21-11-23(19)14-4-2-3-13(20)9-14/h2-9,11,16H,10H2,1H3,(H,22,24)/t16-/m0/s1. The molecule has 2 heterocycles. The number of rotatable bonds is 3. The van der Waals surface area contributed by atoms with E-state index in [0.29, 0.717) is 17.9 Å². The molecule has 126 valence electrons. The van der Waals surface area contributed by atoms with Gasteiger partial charge in [-0.3, -0.25) is 9.36 Å². The van der Waals surface area contributed by atoms with Gasteiger partial charge < -0.3 is 10.1 Å². The van der Waals surface area contributed by atoms with Crippen LogP contribution < -0.4 is 10.1 Å². The van der Waals surface area contributed by atoms with Crippen LogP contribution in [0, 0.1) is 5.82 Å². The lowest BCUT2D eigenvalue weighted by Gasteiger charge is -2.23. The molecule has 0 unspecified atom stereocenters. The van der Waals surface area contributed by atoms with Crippen molar-refractivity contribution in [2.45, 2.75) is 12.3 Å². The second-order valence-electron chi connectivity index (χ2n) is 5.91. The molecule has 6 heteroatoms. The highest BCUT2D eigenvalue weighted by atomic mass is 19.1. The molecule has 1 aliphatic rings. The van der Waals surface area contributed by atoms with Gasteiger partial charge in [0, 0.05) is 12.3 Å². The minimum Gasteiger partial charge on any atom is -0.497 e. The zero-order chi connectivity index (χ0) is 17.4. The van der Waals surface area contributed by atoms with Crippen LogP contribution in [0.2, 0.25) is 0 Å². The summed E-state index contributed by atoms with van der Waals surface area (Å²) in [4.78, 5) is 16.7. The van der Waals surface area contributed by atoms with E-state index in [1.165, 1.54) is 12.1 Å². The normalized spacial score (nSPS) is 16.2. The number of aromatic nitrogens is 2. The zero-order valence-electron chi connectivity index (χ0n) is 13.6. The second kappa shape index (κ2) is 6.05. The van der Waals surface area contributed by atoms with E-state index in [0.717, 1.165) is 17.0 Å². The number of amides is 1. The van der Waals surface area contributed by atoms with Crippen molar-refractivity contribution in [2.24, 2.45) is 0 Å². The highest BCUT2D eigenvalue weighted by Gasteiger charge is 2.31. The fourth-order valence-corrected chi connectivity index (χ4v) is 3.14. The predicted molar refractivity (Wildman–Crippen MR) is 91.6 cm³/mol. The van der Waals surface area contributed by atoms with E-state index >= 15 is 0 Å². The molecule has 0 fully saturated rings. The van der Waals surface area contributed by atoms with Crippen molar-refractivity contribution in [1.29, 1.82) is 0 Å². The van der Waals surface area contributed by atoms with Crippen LogP contribution in [0.15, 0.2) is 54.9 Å². The van der Waals surface area contributed by atoms with Crippen LogP contribution in [0.1, 0.15) is 23.6 Å². The van der Waals surface area contributed by atoms with E-state index in [4.69, 9.17) is 4.74 Å². The minimum atomic E-state index is -0.339. The maximum Gasteiger partial charge on any atom is 0.226 e. The van der Waals surface area contributed by atoms with Gasteiger partial charge in [-0.05, 0) is 35.9 Å². The Hall–Kier alpha value is -3.15. The summed E-state index contributed by atoms with van der Waals surface area (Å²) in [6, 6.07) is 13.8. The number of nitrogens with zero attached hydrogens (tertiary/aromatic N) is 2. The third-order valence-corrected chi connectivity index (χ3v) is 4.38. The zero-order valence-corrected chi connectivity index (χ0v) is 13.6. The number of anilines is 1. The van der Waals surface area contributed by atoms with Crippen LogP contribution in [0.4, 0.5) is 10.2 Å². The van der Waals surface area contributed by atoms with Crippen molar-refractivity contribution in [3.63, 3.8) is 0 Å². The third-order valence-electron chi connectivity index (χ3n) is 4.38.